The average Bonchev–Trinajstić information content (AvgIpc) is 3.15. The smallest absolute Gasteiger partial charge is 0.0929 e. The van der Waals surface area contributed by atoms with Crippen LogP contribution >= 0.6 is 0 Å². The molecule has 2 aliphatic heterocycles. The first kappa shape index (κ1) is 32.7. The lowest BCUT2D eigenvalue weighted by molar-refractivity contribution is 0.830. The van der Waals surface area contributed by atoms with Gasteiger partial charge in [-0.15, -0.1) is 0 Å². The van der Waals surface area contributed by atoms with E-state index in [1.165, 1.54) is 55.9 Å². The predicted molar refractivity (Wildman–Crippen MR) is 216 cm³/mol. The second kappa shape index (κ2) is 14.8. The number of nitrogens with zero attached hydrogens (tertiary/aromatic N) is 1. The van der Waals surface area contributed by atoms with Crippen molar-refractivity contribution < 1.29 is 0 Å². The molecule has 1 unspecified atom stereocenters. The summed E-state index contributed by atoms with van der Waals surface area (Å²) in [4.78, 5) is 4.31. The van der Waals surface area contributed by atoms with Gasteiger partial charge in [0.1, 0.15) is 0 Å². The van der Waals surface area contributed by atoms with Crippen LogP contribution in [0.5, 0.6) is 0 Å². The van der Waals surface area contributed by atoms with E-state index in [1.54, 1.807) is 0 Å². The molecule has 0 bridgehead atoms. The maximum Gasteiger partial charge on any atom is 0.0929 e. The number of para-hydroxylation sites is 1. The standard InChI is InChI=1S/C45H45N5/c1-30-40(38-27-26-35-21-12-28-49-44(35)45(38)48-3)37-22-7-8-23-39(37)50-42(30)36-20-11-17-32(29-36)16-10-19-34-25-24-33(41(46)43(34)47-2)18-9-15-31-13-5-4-6-14-31/h4-11,13-14,17-20,22-27,29,42,48-50H,2,12,15-16,21,28,46H2,1,3H3/b18-9-,19-10-. The highest BCUT2D eigenvalue weighted by Crippen LogP contribution is 2.47. The van der Waals surface area contributed by atoms with Crippen LogP contribution in [-0.4, -0.2) is 20.3 Å². The molecule has 50 heavy (non-hydrogen) atoms. The number of aliphatic imine (C=N–C) groups is 1. The van der Waals surface area contributed by atoms with E-state index < -0.39 is 0 Å². The molecular formula is C45H45N5. The van der Waals surface area contributed by atoms with Gasteiger partial charge in [0.05, 0.1) is 28.8 Å². The molecular weight excluding hydrogens is 611 g/mol. The Labute approximate surface area is 296 Å². The highest BCUT2D eigenvalue weighted by atomic mass is 15.0. The minimum Gasteiger partial charge on any atom is -0.396 e. The molecule has 5 aromatic rings. The van der Waals surface area contributed by atoms with Crippen molar-refractivity contribution >= 4 is 52.9 Å². The molecule has 7 rings (SSSR count). The van der Waals surface area contributed by atoms with Crippen molar-refractivity contribution in [2.75, 3.05) is 35.3 Å². The highest BCUT2D eigenvalue weighted by Gasteiger charge is 2.29. The number of hydrogen-bond acceptors (Lipinski definition) is 5. The Bertz CT molecular complexity index is 2120. The van der Waals surface area contributed by atoms with Crippen molar-refractivity contribution in [2.45, 2.75) is 38.6 Å². The van der Waals surface area contributed by atoms with E-state index in [-0.39, 0.29) is 6.04 Å². The number of allylic oxidation sites excluding steroid dienone is 2. The molecule has 0 aliphatic carbocycles. The minimum absolute atomic E-state index is 0.0383. The van der Waals surface area contributed by atoms with E-state index in [0.717, 1.165) is 49.0 Å². The molecule has 1 atom stereocenters. The summed E-state index contributed by atoms with van der Waals surface area (Å²) >= 11 is 0. The number of nitrogens with two attached hydrogens (primary N) is 1. The average molecular weight is 656 g/mol. The van der Waals surface area contributed by atoms with Gasteiger partial charge in [0.15, 0.2) is 0 Å². The number of anilines is 4. The molecule has 2 aliphatic rings. The molecule has 250 valence electrons. The van der Waals surface area contributed by atoms with Crippen molar-refractivity contribution in [3.8, 4) is 0 Å². The van der Waals surface area contributed by atoms with Crippen LogP contribution in [0, 0.1) is 0 Å². The number of hydrogen-bond donors (Lipinski definition) is 4. The number of benzene rings is 5. The van der Waals surface area contributed by atoms with Crippen molar-refractivity contribution in [2.24, 2.45) is 4.99 Å². The summed E-state index contributed by atoms with van der Waals surface area (Å²) in [6, 6.07) is 36.8. The van der Waals surface area contributed by atoms with Crippen LogP contribution in [0.2, 0.25) is 0 Å². The third-order valence-corrected chi connectivity index (χ3v) is 9.93. The molecule has 5 N–H and O–H groups in total. The fourth-order valence-electron chi connectivity index (χ4n) is 7.41. The Morgan fingerprint density at radius 3 is 2.40 bits per heavy atom. The van der Waals surface area contributed by atoms with Gasteiger partial charge in [-0.25, -0.2) is 0 Å². The van der Waals surface area contributed by atoms with Crippen LogP contribution < -0.4 is 21.7 Å². The second-order valence-corrected chi connectivity index (χ2v) is 13.1. The zero-order valence-electron chi connectivity index (χ0n) is 29.0. The van der Waals surface area contributed by atoms with Gasteiger partial charge >= 0.3 is 0 Å². The summed E-state index contributed by atoms with van der Waals surface area (Å²) in [5, 5.41) is 11.1. The summed E-state index contributed by atoms with van der Waals surface area (Å²) in [5.41, 5.74) is 23.6. The molecule has 0 aromatic heterocycles. The Morgan fingerprint density at radius 2 is 1.58 bits per heavy atom. The molecule has 2 heterocycles. The van der Waals surface area contributed by atoms with Gasteiger partial charge in [-0.3, -0.25) is 4.99 Å². The summed E-state index contributed by atoms with van der Waals surface area (Å²) in [5.74, 6) is 0. The Kier molecular flexibility index (Phi) is 9.65. The molecule has 5 heteroatoms. The number of fused-ring (bicyclic) bond motifs is 2. The molecule has 0 radical (unpaired) electrons. The molecule has 0 saturated carbocycles. The maximum absolute atomic E-state index is 6.57. The van der Waals surface area contributed by atoms with Gasteiger partial charge in [0.2, 0.25) is 0 Å². The van der Waals surface area contributed by atoms with E-state index in [1.807, 2.05) is 13.1 Å². The summed E-state index contributed by atoms with van der Waals surface area (Å²) in [6.07, 6.45) is 12.4. The first-order valence-electron chi connectivity index (χ1n) is 17.6. The van der Waals surface area contributed by atoms with Crippen LogP contribution in [0.3, 0.4) is 0 Å². The molecule has 0 spiro atoms. The van der Waals surface area contributed by atoms with Gasteiger partial charge in [-0.2, -0.15) is 0 Å². The third-order valence-electron chi connectivity index (χ3n) is 9.93. The lowest BCUT2D eigenvalue weighted by Crippen LogP contribution is -2.20. The fraction of sp³-hybridized carbons (Fsp3) is 0.178. The van der Waals surface area contributed by atoms with Gasteiger partial charge in [-0.1, -0.05) is 121 Å². The third kappa shape index (κ3) is 6.59. The Morgan fingerprint density at radius 1 is 0.840 bits per heavy atom. The van der Waals surface area contributed by atoms with Gasteiger partial charge < -0.3 is 21.7 Å². The van der Waals surface area contributed by atoms with Crippen LogP contribution in [-0.2, 0) is 19.3 Å². The summed E-state index contributed by atoms with van der Waals surface area (Å²) in [7, 11) is 2.04. The summed E-state index contributed by atoms with van der Waals surface area (Å²) in [6.45, 7) is 7.10. The minimum atomic E-state index is 0.0383. The lowest BCUT2D eigenvalue weighted by Gasteiger charge is -2.33. The van der Waals surface area contributed by atoms with Crippen molar-refractivity contribution in [3.63, 3.8) is 0 Å². The number of rotatable bonds is 10. The number of aryl methyl sites for hydroxylation is 1. The van der Waals surface area contributed by atoms with Crippen molar-refractivity contribution in [1.29, 1.82) is 0 Å². The van der Waals surface area contributed by atoms with E-state index >= 15 is 0 Å². The molecule has 0 fully saturated rings. The van der Waals surface area contributed by atoms with Crippen LogP contribution in [0.25, 0.3) is 17.7 Å². The largest absolute Gasteiger partial charge is 0.396 e. The molecule has 5 aromatic carbocycles. The van der Waals surface area contributed by atoms with Crippen molar-refractivity contribution in [1.82, 2.24) is 0 Å². The molecule has 5 nitrogen and oxygen atoms in total. The molecule has 0 saturated heterocycles. The van der Waals surface area contributed by atoms with E-state index in [9.17, 15) is 0 Å². The zero-order valence-corrected chi connectivity index (χ0v) is 29.0. The van der Waals surface area contributed by atoms with E-state index in [2.05, 4.69) is 156 Å². The Hall–Kier alpha value is -5.81. The number of nitrogens with one attached hydrogen (secondary N) is 3. The quantitative estimate of drug-likeness (QED) is 0.0892. The topological polar surface area (TPSA) is 74.5 Å². The first-order valence-corrected chi connectivity index (χ1v) is 17.6. The van der Waals surface area contributed by atoms with Gasteiger partial charge in [0, 0.05) is 36.0 Å². The zero-order chi connectivity index (χ0) is 34.5. The van der Waals surface area contributed by atoms with Crippen LogP contribution in [0.4, 0.5) is 28.4 Å². The number of nitrogen functional groups attached to an aromatic ring is 1. The maximum atomic E-state index is 6.57. The SMILES string of the molecule is C=Nc1c(/C=C\Cc2cccc(C3Nc4ccccc4C(c4ccc5c(c4NC)NCCC5)=C3C)c2)ccc(/C=C\Cc2ccccc2)c1N. The van der Waals surface area contributed by atoms with E-state index in [0.29, 0.717) is 11.4 Å². The highest BCUT2D eigenvalue weighted by molar-refractivity contribution is 5.98. The first-order chi connectivity index (χ1) is 24.6. The van der Waals surface area contributed by atoms with Crippen LogP contribution in [0.15, 0.2) is 126 Å². The Balaban J connectivity index is 1.14. The van der Waals surface area contributed by atoms with Gasteiger partial charge in [0.25, 0.3) is 0 Å². The molecule has 0 amide bonds. The van der Waals surface area contributed by atoms with E-state index in [4.69, 9.17) is 5.73 Å². The normalized spacial score (nSPS) is 15.4. The monoisotopic (exact) mass is 655 g/mol. The lowest BCUT2D eigenvalue weighted by atomic mass is 9.82. The van der Waals surface area contributed by atoms with Crippen LogP contribution in [0.1, 0.15) is 63.9 Å². The summed E-state index contributed by atoms with van der Waals surface area (Å²) < 4.78 is 0. The van der Waals surface area contributed by atoms with Crippen molar-refractivity contribution in [3.05, 3.63) is 165 Å². The fourth-order valence-corrected chi connectivity index (χ4v) is 7.41. The van der Waals surface area contributed by atoms with Gasteiger partial charge in [-0.05, 0) is 84.4 Å². The second-order valence-electron chi connectivity index (χ2n) is 13.1. The predicted octanol–water partition coefficient (Wildman–Crippen LogP) is 10.5.